The van der Waals surface area contributed by atoms with Crippen LogP contribution in [0.25, 0.3) is 0 Å². The number of anilines is 1. The number of hydrogen-bond acceptors (Lipinski definition) is 4. The lowest BCUT2D eigenvalue weighted by molar-refractivity contribution is -0.146. The summed E-state index contributed by atoms with van der Waals surface area (Å²) in [6.45, 7) is -0.414. The van der Waals surface area contributed by atoms with Crippen molar-refractivity contribution in [3.63, 3.8) is 0 Å². The second-order valence-electron chi connectivity index (χ2n) is 9.85. The average molecular weight is 584 g/mol. The van der Waals surface area contributed by atoms with Gasteiger partial charge in [-0.1, -0.05) is 78.9 Å². The predicted molar refractivity (Wildman–Crippen MR) is 155 cm³/mol. The number of amides is 3. The highest BCUT2D eigenvalue weighted by molar-refractivity contribution is 6.42. The van der Waals surface area contributed by atoms with Crippen molar-refractivity contribution in [1.82, 2.24) is 10.6 Å². The Labute approximate surface area is 242 Å². The number of aliphatic hydroxyl groups excluding tert-OH is 1. The van der Waals surface area contributed by atoms with Crippen LogP contribution in [-0.4, -0.2) is 40.8 Å². The van der Waals surface area contributed by atoms with Gasteiger partial charge in [-0.05, 0) is 65.8 Å². The van der Waals surface area contributed by atoms with Gasteiger partial charge in [0.2, 0.25) is 0 Å². The molecule has 2 unspecified atom stereocenters. The first-order chi connectivity index (χ1) is 19.2. The van der Waals surface area contributed by atoms with E-state index in [1.807, 2.05) is 12.1 Å². The number of aliphatic hydroxyl groups is 1. The highest BCUT2D eigenvalue weighted by atomic mass is 35.5. The largest absolute Gasteiger partial charge is 0.479 e. The predicted octanol–water partition coefficient (Wildman–Crippen LogP) is 6.13. The summed E-state index contributed by atoms with van der Waals surface area (Å²) >= 11 is 12.1. The number of carbonyl (C=O) groups excluding carboxylic acids is 2. The summed E-state index contributed by atoms with van der Waals surface area (Å²) in [6, 6.07) is 18.7. The van der Waals surface area contributed by atoms with E-state index >= 15 is 0 Å². The van der Waals surface area contributed by atoms with Crippen molar-refractivity contribution >= 4 is 46.8 Å². The van der Waals surface area contributed by atoms with Gasteiger partial charge in [0, 0.05) is 11.3 Å². The molecular weight excluding hydrogens is 553 g/mol. The minimum absolute atomic E-state index is 0.285. The molecule has 1 aliphatic rings. The van der Waals surface area contributed by atoms with Crippen LogP contribution in [0.2, 0.25) is 10.0 Å². The van der Waals surface area contributed by atoms with Gasteiger partial charge in [-0.2, -0.15) is 0 Å². The Morgan fingerprint density at radius 1 is 0.850 bits per heavy atom. The zero-order valence-electron chi connectivity index (χ0n) is 21.7. The molecular formula is C30H31Cl2N3O5. The van der Waals surface area contributed by atoms with E-state index in [0.717, 1.165) is 11.1 Å². The molecule has 0 bridgehead atoms. The Morgan fingerprint density at radius 2 is 1.48 bits per heavy atom. The molecule has 3 amide bonds. The molecule has 4 rings (SSSR count). The minimum Gasteiger partial charge on any atom is -0.479 e. The van der Waals surface area contributed by atoms with E-state index in [-0.39, 0.29) is 5.56 Å². The fourth-order valence-electron chi connectivity index (χ4n) is 4.83. The van der Waals surface area contributed by atoms with Gasteiger partial charge in [-0.3, -0.25) is 4.79 Å². The van der Waals surface area contributed by atoms with E-state index in [4.69, 9.17) is 28.3 Å². The molecule has 2 atom stereocenters. The van der Waals surface area contributed by atoms with Gasteiger partial charge in [0.1, 0.15) is 0 Å². The van der Waals surface area contributed by atoms with Crippen molar-refractivity contribution in [2.75, 3.05) is 11.9 Å². The molecule has 0 aliphatic heterocycles. The van der Waals surface area contributed by atoms with Crippen molar-refractivity contribution in [2.45, 2.75) is 50.2 Å². The highest BCUT2D eigenvalue weighted by Gasteiger charge is 2.21. The van der Waals surface area contributed by atoms with E-state index in [0.29, 0.717) is 21.7 Å². The van der Waals surface area contributed by atoms with Crippen molar-refractivity contribution in [3.05, 3.63) is 99.0 Å². The molecule has 10 heteroatoms. The Kier molecular flexibility index (Phi) is 10.0. The summed E-state index contributed by atoms with van der Waals surface area (Å²) in [7, 11) is 0. The number of carbonyl (C=O) groups is 3. The topological polar surface area (TPSA) is 128 Å². The zero-order valence-corrected chi connectivity index (χ0v) is 23.2. The number of nitrogens with one attached hydrogen (secondary N) is 3. The molecule has 3 aromatic carbocycles. The zero-order chi connectivity index (χ0) is 28.6. The SMILES string of the molecule is O=C(Nc1ccc(Cl)c(Cl)c1)NC(c1ccc(C(=O)NCC(O)C(=O)O)cc1)c1ccc(C2CCCCC2)cc1. The molecule has 1 aliphatic carbocycles. The average Bonchev–Trinajstić information content (AvgIpc) is 2.97. The van der Waals surface area contributed by atoms with Crippen LogP contribution in [0, 0.1) is 0 Å². The maximum Gasteiger partial charge on any atom is 0.334 e. The number of carboxylic acid groups (broad SMARTS) is 1. The molecule has 3 aromatic rings. The van der Waals surface area contributed by atoms with Crippen LogP contribution in [0.15, 0.2) is 66.7 Å². The Hall–Kier alpha value is -3.59. The Balaban J connectivity index is 1.54. The number of rotatable bonds is 9. The summed E-state index contributed by atoms with van der Waals surface area (Å²) in [5.74, 6) is -1.40. The molecule has 0 radical (unpaired) electrons. The monoisotopic (exact) mass is 583 g/mol. The lowest BCUT2D eigenvalue weighted by atomic mass is 9.83. The summed E-state index contributed by atoms with van der Waals surface area (Å²) in [5.41, 5.74) is 3.65. The van der Waals surface area contributed by atoms with E-state index in [1.165, 1.54) is 37.7 Å². The number of carboxylic acids is 1. The van der Waals surface area contributed by atoms with Crippen LogP contribution in [0.3, 0.4) is 0 Å². The number of hydrogen-bond donors (Lipinski definition) is 5. The van der Waals surface area contributed by atoms with Crippen LogP contribution < -0.4 is 16.0 Å². The Morgan fingerprint density at radius 3 is 2.08 bits per heavy atom. The van der Waals surface area contributed by atoms with Crippen LogP contribution in [0.1, 0.15) is 71.1 Å². The quantitative estimate of drug-likeness (QED) is 0.207. The summed E-state index contributed by atoms with van der Waals surface area (Å²) < 4.78 is 0. The summed E-state index contributed by atoms with van der Waals surface area (Å²) in [5, 5.41) is 27.1. The third kappa shape index (κ3) is 7.75. The minimum atomic E-state index is -1.69. The van der Waals surface area contributed by atoms with Gasteiger partial charge in [0.05, 0.1) is 22.6 Å². The molecule has 5 N–H and O–H groups in total. The third-order valence-electron chi connectivity index (χ3n) is 7.05. The first-order valence-electron chi connectivity index (χ1n) is 13.1. The number of halogens is 2. The van der Waals surface area contributed by atoms with Crippen LogP contribution in [-0.2, 0) is 4.79 Å². The van der Waals surface area contributed by atoms with Crippen molar-refractivity contribution in [3.8, 4) is 0 Å². The molecule has 0 aromatic heterocycles. The normalized spacial score (nSPS) is 15.1. The van der Waals surface area contributed by atoms with Gasteiger partial charge >= 0.3 is 12.0 Å². The van der Waals surface area contributed by atoms with Gasteiger partial charge in [0.25, 0.3) is 5.91 Å². The van der Waals surface area contributed by atoms with Gasteiger partial charge in [-0.25, -0.2) is 9.59 Å². The van der Waals surface area contributed by atoms with Crippen LogP contribution in [0.4, 0.5) is 10.5 Å². The Bertz CT molecular complexity index is 1340. The third-order valence-corrected chi connectivity index (χ3v) is 7.79. The molecule has 1 fully saturated rings. The molecule has 1 saturated carbocycles. The fraction of sp³-hybridized carbons (Fsp3) is 0.300. The van der Waals surface area contributed by atoms with Crippen molar-refractivity contribution in [1.29, 1.82) is 0 Å². The van der Waals surface area contributed by atoms with E-state index in [1.54, 1.807) is 42.5 Å². The second kappa shape index (κ2) is 13.7. The van der Waals surface area contributed by atoms with E-state index in [2.05, 4.69) is 28.1 Å². The number of urea groups is 1. The first-order valence-corrected chi connectivity index (χ1v) is 13.9. The van der Waals surface area contributed by atoms with Gasteiger partial charge in [-0.15, -0.1) is 0 Å². The molecule has 210 valence electrons. The molecule has 0 heterocycles. The summed E-state index contributed by atoms with van der Waals surface area (Å²) in [4.78, 5) is 36.2. The summed E-state index contributed by atoms with van der Waals surface area (Å²) in [6.07, 6.45) is 4.42. The smallest absolute Gasteiger partial charge is 0.334 e. The molecule has 0 saturated heterocycles. The molecule has 0 spiro atoms. The first kappa shape index (κ1) is 29.4. The van der Waals surface area contributed by atoms with E-state index in [9.17, 15) is 19.5 Å². The number of aliphatic carboxylic acids is 1. The highest BCUT2D eigenvalue weighted by Crippen LogP contribution is 2.34. The standard InChI is InChI=1S/C30H31Cl2N3O5/c31-24-15-14-23(16-25(24)32)34-30(40)35-27(20-8-6-19(7-9-20)18-4-2-1-3-5-18)21-10-12-22(13-11-21)28(37)33-17-26(36)29(38)39/h6-16,18,26-27,36H,1-5,17H2,(H,33,37)(H,38,39)(H2,34,35,40). The maximum absolute atomic E-state index is 13.0. The van der Waals surface area contributed by atoms with Crippen LogP contribution >= 0.6 is 23.2 Å². The van der Waals surface area contributed by atoms with Gasteiger partial charge in [0.15, 0.2) is 6.10 Å². The fourth-order valence-corrected chi connectivity index (χ4v) is 5.13. The molecule has 40 heavy (non-hydrogen) atoms. The van der Waals surface area contributed by atoms with E-state index < -0.39 is 36.6 Å². The van der Waals surface area contributed by atoms with Crippen molar-refractivity contribution < 1.29 is 24.6 Å². The lowest BCUT2D eigenvalue weighted by Crippen LogP contribution is -2.36. The van der Waals surface area contributed by atoms with Crippen LogP contribution in [0.5, 0.6) is 0 Å². The second-order valence-corrected chi connectivity index (χ2v) is 10.7. The molecule has 8 nitrogen and oxygen atoms in total. The van der Waals surface area contributed by atoms with Gasteiger partial charge < -0.3 is 26.2 Å². The lowest BCUT2D eigenvalue weighted by Gasteiger charge is -2.24. The van der Waals surface area contributed by atoms with Crippen molar-refractivity contribution in [2.24, 2.45) is 0 Å². The number of benzene rings is 3. The maximum atomic E-state index is 13.0.